The van der Waals surface area contributed by atoms with E-state index in [0.29, 0.717) is 11.7 Å². The molecule has 0 aromatic heterocycles. The van der Waals surface area contributed by atoms with Gasteiger partial charge in [-0.1, -0.05) is 0 Å². The third-order valence-corrected chi connectivity index (χ3v) is 2.89. The van der Waals surface area contributed by atoms with Crippen LogP contribution in [0, 0.1) is 11.8 Å². The van der Waals surface area contributed by atoms with Crippen LogP contribution in [0.1, 0.15) is 32.1 Å². The molecule has 1 aliphatic carbocycles. The maximum absolute atomic E-state index is 11.4. The van der Waals surface area contributed by atoms with Gasteiger partial charge in [0.25, 0.3) is 0 Å². The minimum Gasteiger partial charge on any atom is -0.316 e. The van der Waals surface area contributed by atoms with Crippen LogP contribution in [0.3, 0.4) is 0 Å². The van der Waals surface area contributed by atoms with Crippen LogP contribution in [-0.4, -0.2) is 18.9 Å². The number of carbonyl (C=O) groups is 1. The minimum atomic E-state index is 0.506. The third kappa shape index (κ3) is 2.31. The molecule has 1 saturated heterocycles. The lowest BCUT2D eigenvalue weighted by Gasteiger charge is -2.05. The number of carbonyl (C=O) groups excluding carboxylic acids is 1. The molecule has 0 radical (unpaired) electrons. The van der Waals surface area contributed by atoms with Gasteiger partial charge < -0.3 is 5.32 Å². The number of hydrogen-bond donors (Lipinski definition) is 1. The predicted octanol–water partition coefficient (Wildman–Crippen LogP) is 1.36. The second-order valence-corrected chi connectivity index (χ2v) is 4.25. The number of nitrogens with one attached hydrogen (secondary N) is 1. The van der Waals surface area contributed by atoms with Crippen molar-refractivity contribution in [2.75, 3.05) is 13.1 Å². The summed E-state index contributed by atoms with van der Waals surface area (Å²) in [6, 6.07) is 0. The second-order valence-electron chi connectivity index (χ2n) is 4.25. The summed E-state index contributed by atoms with van der Waals surface area (Å²) < 4.78 is 0. The molecule has 2 rings (SSSR count). The lowest BCUT2D eigenvalue weighted by molar-refractivity contribution is -0.120. The first-order valence-corrected chi connectivity index (χ1v) is 5.07. The smallest absolute Gasteiger partial charge is 0.133 e. The van der Waals surface area contributed by atoms with E-state index >= 15 is 0 Å². The Labute approximate surface area is 73.7 Å². The fourth-order valence-electron chi connectivity index (χ4n) is 1.94. The normalized spacial score (nSPS) is 29.2. The molecule has 2 nitrogen and oxygen atoms in total. The molecule has 2 fully saturated rings. The van der Waals surface area contributed by atoms with Gasteiger partial charge in [0.05, 0.1) is 0 Å². The van der Waals surface area contributed by atoms with Crippen molar-refractivity contribution in [2.24, 2.45) is 11.8 Å². The topological polar surface area (TPSA) is 29.1 Å². The van der Waals surface area contributed by atoms with E-state index in [1.807, 2.05) is 0 Å². The molecule has 0 amide bonds. The quantitative estimate of drug-likeness (QED) is 0.685. The van der Waals surface area contributed by atoms with Crippen LogP contribution in [0.4, 0.5) is 0 Å². The first-order chi connectivity index (χ1) is 5.84. The van der Waals surface area contributed by atoms with Crippen LogP contribution in [0.25, 0.3) is 0 Å². The molecular formula is C10H17NO. The van der Waals surface area contributed by atoms with Crippen molar-refractivity contribution < 1.29 is 4.79 Å². The highest BCUT2D eigenvalue weighted by atomic mass is 16.1. The fourth-order valence-corrected chi connectivity index (χ4v) is 1.94. The molecule has 1 heterocycles. The summed E-state index contributed by atoms with van der Waals surface area (Å²) >= 11 is 0. The number of hydrogen-bond acceptors (Lipinski definition) is 2. The maximum Gasteiger partial charge on any atom is 0.133 e. The van der Waals surface area contributed by atoms with Gasteiger partial charge in [0, 0.05) is 12.8 Å². The van der Waals surface area contributed by atoms with E-state index in [0.717, 1.165) is 31.8 Å². The van der Waals surface area contributed by atoms with E-state index in [9.17, 15) is 4.79 Å². The van der Waals surface area contributed by atoms with Crippen molar-refractivity contribution in [1.29, 1.82) is 0 Å². The molecule has 2 aliphatic rings. The van der Waals surface area contributed by atoms with Gasteiger partial charge in [0.2, 0.25) is 0 Å². The van der Waals surface area contributed by atoms with Gasteiger partial charge in [-0.25, -0.2) is 0 Å². The SMILES string of the molecule is O=C(CC1CC1)CC1CCNC1. The monoisotopic (exact) mass is 167 g/mol. The molecule has 12 heavy (non-hydrogen) atoms. The van der Waals surface area contributed by atoms with Crippen molar-refractivity contribution in [3.05, 3.63) is 0 Å². The van der Waals surface area contributed by atoms with Gasteiger partial charge in [-0.05, 0) is 44.2 Å². The molecular weight excluding hydrogens is 150 g/mol. The zero-order valence-corrected chi connectivity index (χ0v) is 7.51. The lowest BCUT2D eigenvalue weighted by Crippen LogP contribution is -2.12. The molecule has 2 heteroatoms. The Morgan fingerprint density at radius 2 is 1.92 bits per heavy atom. The van der Waals surface area contributed by atoms with Crippen LogP contribution >= 0.6 is 0 Å². The summed E-state index contributed by atoms with van der Waals surface area (Å²) in [6.45, 7) is 2.18. The van der Waals surface area contributed by atoms with Crippen molar-refractivity contribution in [2.45, 2.75) is 32.1 Å². The minimum absolute atomic E-state index is 0.506. The summed E-state index contributed by atoms with van der Waals surface area (Å²) in [7, 11) is 0. The molecule has 1 saturated carbocycles. The van der Waals surface area contributed by atoms with E-state index in [2.05, 4.69) is 5.32 Å². The first kappa shape index (κ1) is 8.24. The lowest BCUT2D eigenvalue weighted by atomic mass is 9.99. The molecule has 1 N–H and O–H groups in total. The number of ketones is 1. The number of Topliss-reactive ketones (excluding diaryl/α,β-unsaturated/α-hetero) is 1. The van der Waals surface area contributed by atoms with Crippen LogP contribution in [0.5, 0.6) is 0 Å². The molecule has 1 aliphatic heterocycles. The number of rotatable bonds is 4. The Balaban J connectivity index is 1.66. The zero-order valence-electron chi connectivity index (χ0n) is 7.51. The van der Waals surface area contributed by atoms with Crippen LogP contribution < -0.4 is 5.32 Å². The van der Waals surface area contributed by atoms with Crippen LogP contribution in [0.15, 0.2) is 0 Å². The summed E-state index contributed by atoms with van der Waals surface area (Å²) in [4.78, 5) is 11.4. The van der Waals surface area contributed by atoms with Gasteiger partial charge in [0.15, 0.2) is 0 Å². The largest absolute Gasteiger partial charge is 0.316 e. The maximum atomic E-state index is 11.4. The summed E-state index contributed by atoms with van der Waals surface area (Å²) in [5.41, 5.74) is 0. The molecule has 68 valence electrons. The van der Waals surface area contributed by atoms with E-state index in [4.69, 9.17) is 0 Å². The molecule has 1 atom stereocenters. The Kier molecular flexibility index (Phi) is 2.45. The van der Waals surface area contributed by atoms with E-state index in [1.165, 1.54) is 19.3 Å². The highest BCUT2D eigenvalue weighted by molar-refractivity contribution is 5.79. The zero-order chi connectivity index (χ0) is 8.39. The Hall–Kier alpha value is -0.370. The summed E-state index contributed by atoms with van der Waals surface area (Å²) in [5.74, 6) is 1.93. The second kappa shape index (κ2) is 3.56. The van der Waals surface area contributed by atoms with Crippen molar-refractivity contribution in [3.63, 3.8) is 0 Å². The highest BCUT2D eigenvalue weighted by Crippen LogP contribution is 2.33. The Morgan fingerprint density at radius 1 is 1.17 bits per heavy atom. The van der Waals surface area contributed by atoms with Gasteiger partial charge in [-0.3, -0.25) is 4.79 Å². The van der Waals surface area contributed by atoms with Crippen LogP contribution in [-0.2, 0) is 4.79 Å². The molecule has 0 spiro atoms. The Bertz CT molecular complexity index is 169. The van der Waals surface area contributed by atoms with Gasteiger partial charge in [0.1, 0.15) is 5.78 Å². The molecule has 0 bridgehead atoms. The van der Waals surface area contributed by atoms with E-state index in [1.54, 1.807) is 0 Å². The first-order valence-electron chi connectivity index (χ1n) is 5.07. The summed E-state index contributed by atoms with van der Waals surface area (Å²) in [5, 5.41) is 3.29. The Morgan fingerprint density at radius 3 is 2.50 bits per heavy atom. The highest BCUT2D eigenvalue weighted by Gasteiger charge is 2.26. The fraction of sp³-hybridized carbons (Fsp3) is 0.900. The van der Waals surface area contributed by atoms with Gasteiger partial charge >= 0.3 is 0 Å². The molecule has 1 unspecified atom stereocenters. The van der Waals surface area contributed by atoms with Crippen molar-refractivity contribution >= 4 is 5.78 Å². The van der Waals surface area contributed by atoms with Crippen molar-refractivity contribution in [1.82, 2.24) is 5.32 Å². The summed E-state index contributed by atoms with van der Waals surface area (Å²) in [6.07, 6.45) is 5.51. The molecule has 0 aromatic rings. The third-order valence-electron chi connectivity index (χ3n) is 2.89. The van der Waals surface area contributed by atoms with Gasteiger partial charge in [-0.15, -0.1) is 0 Å². The average Bonchev–Trinajstić information content (AvgIpc) is 2.66. The standard InChI is InChI=1S/C10H17NO/c12-10(5-8-1-2-8)6-9-3-4-11-7-9/h8-9,11H,1-7H2. The van der Waals surface area contributed by atoms with E-state index < -0.39 is 0 Å². The van der Waals surface area contributed by atoms with Crippen LogP contribution in [0.2, 0.25) is 0 Å². The van der Waals surface area contributed by atoms with E-state index in [-0.39, 0.29) is 0 Å². The van der Waals surface area contributed by atoms with Gasteiger partial charge in [-0.2, -0.15) is 0 Å². The average molecular weight is 167 g/mol. The predicted molar refractivity (Wildman–Crippen MR) is 47.9 cm³/mol. The van der Waals surface area contributed by atoms with Crippen molar-refractivity contribution in [3.8, 4) is 0 Å². The molecule has 0 aromatic carbocycles.